The zero-order valence-electron chi connectivity index (χ0n) is 11.0. The van der Waals surface area contributed by atoms with E-state index >= 15 is 0 Å². The number of nitrogens with two attached hydrogens (primary N) is 2. The molecule has 2 rings (SSSR count). The smallest absolute Gasteiger partial charge is 0.0773 e. The molecule has 0 aliphatic rings. The Labute approximate surface area is 119 Å². The molecule has 1 heterocycles. The molecule has 19 heavy (non-hydrogen) atoms. The van der Waals surface area contributed by atoms with Crippen molar-refractivity contribution in [3.8, 4) is 0 Å². The molecule has 0 aliphatic heterocycles. The molecule has 0 amide bonds. The summed E-state index contributed by atoms with van der Waals surface area (Å²) in [7, 11) is 0. The molecule has 2 aromatic rings. The first-order valence-corrected chi connectivity index (χ1v) is 7.26. The summed E-state index contributed by atoms with van der Waals surface area (Å²) in [6, 6.07) is 7.85. The number of hydrogen-bond acceptors (Lipinski definition) is 3. The van der Waals surface area contributed by atoms with E-state index in [0.29, 0.717) is 11.4 Å². The minimum atomic E-state index is 0.635. The Morgan fingerprint density at radius 2 is 1.68 bits per heavy atom. The van der Waals surface area contributed by atoms with E-state index in [2.05, 4.69) is 4.98 Å². The van der Waals surface area contributed by atoms with Gasteiger partial charge in [-0.05, 0) is 25.3 Å². The van der Waals surface area contributed by atoms with Gasteiger partial charge in [0, 0.05) is 11.3 Å². The number of anilines is 2. The van der Waals surface area contributed by atoms with Gasteiger partial charge in [0.15, 0.2) is 0 Å². The minimum Gasteiger partial charge on any atom is -0.396 e. The number of rotatable bonds is 6. The van der Waals surface area contributed by atoms with E-state index in [4.69, 9.17) is 23.1 Å². The number of para-hydroxylation sites is 1. The van der Waals surface area contributed by atoms with Crippen LogP contribution in [-0.2, 0) is 6.42 Å². The van der Waals surface area contributed by atoms with Crippen LogP contribution in [0.3, 0.4) is 0 Å². The quantitative estimate of drug-likeness (QED) is 0.624. The molecule has 0 fully saturated rings. The summed E-state index contributed by atoms with van der Waals surface area (Å²) in [5.74, 6) is 0.739. The molecule has 3 nitrogen and oxygen atoms in total. The monoisotopic (exact) mass is 277 g/mol. The van der Waals surface area contributed by atoms with Gasteiger partial charge in [0.2, 0.25) is 0 Å². The highest BCUT2D eigenvalue weighted by atomic mass is 35.5. The van der Waals surface area contributed by atoms with Crippen LogP contribution in [0.5, 0.6) is 0 Å². The predicted octanol–water partition coefficient (Wildman–Crippen LogP) is 3.74. The molecule has 0 bridgehead atoms. The SMILES string of the molecule is Nc1c(CCCCCCCl)nc2ccccc2c1N. The van der Waals surface area contributed by atoms with Gasteiger partial charge < -0.3 is 11.5 Å². The summed E-state index contributed by atoms with van der Waals surface area (Å²) >= 11 is 5.66. The van der Waals surface area contributed by atoms with Crippen molar-refractivity contribution >= 4 is 33.9 Å². The van der Waals surface area contributed by atoms with E-state index in [1.165, 1.54) is 0 Å². The lowest BCUT2D eigenvalue weighted by Crippen LogP contribution is -2.04. The Hall–Kier alpha value is -1.48. The van der Waals surface area contributed by atoms with Crippen molar-refractivity contribution < 1.29 is 0 Å². The van der Waals surface area contributed by atoms with Crippen molar-refractivity contribution in [1.82, 2.24) is 4.98 Å². The summed E-state index contributed by atoms with van der Waals surface area (Å²) in [6.07, 6.45) is 5.34. The van der Waals surface area contributed by atoms with Gasteiger partial charge in [0.05, 0.1) is 22.6 Å². The number of aryl methyl sites for hydroxylation is 1. The number of benzene rings is 1. The van der Waals surface area contributed by atoms with Crippen molar-refractivity contribution in [2.24, 2.45) is 0 Å². The molecule has 4 heteroatoms. The summed E-state index contributed by atoms with van der Waals surface area (Å²) in [5.41, 5.74) is 15.3. The van der Waals surface area contributed by atoms with Crippen molar-refractivity contribution in [2.75, 3.05) is 17.3 Å². The van der Waals surface area contributed by atoms with E-state index in [1.807, 2.05) is 24.3 Å². The fraction of sp³-hybridized carbons (Fsp3) is 0.400. The van der Waals surface area contributed by atoms with Gasteiger partial charge in [-0.2, -0.15) is 0 Å². The third-order valence-electron chi connectivity index (χ3n) is 3.35. The summed E-state index contributed by atoms with van der Waals surface area (Å²) in [5, 5.41) is 0.936. The molecule has 0 saturated carbocycles. The lowest BCUT2D eigenvalue weighted by atomic mass is 10.1. The number of alkyl halides is 1. The maximum absolute atomic E-state index is 6.09. The number of unbranched alkanes of at least 4 members (excludes halogenated alkanes) is 3. The average Bonchev–Trinajstić information content (AvgIpc) is 2.44. The van der Waals surface area contributed by atoms with Crippen LogP contribution in [0, 0.1) is 0 Å². The van der Waals surface area contributed by atoms with Crippen LogP contribution < -0.4 is 11.5 Å². The molecule has 0 aliphatic carbocycles. The van der Waals surface area contributed by atoms with Crippen LogP contribution in [0.1, 0.15) is 31.4 Å². The molecule has 0 atom stereocenters. The number of hydrogen-bond donors (Lipinski definition) is 2. The standard InChI is InChI=1S/C15H20ClN3/c16-10-6-2-1-3-9-13-15(18)14(17)11-7-4-5-8-12(11)19-13/h4-5,7-8H,1-3,6,9-10,18H2,(H2,17,19). The van der Waals surface area contributed by atoms with Gasteiger partial charge in [-0.25, -0.2) is 0 Å². The Morgan fingerprint density at radius 1 is 0.947 bits per heavy atom. The zero-order valence-corrected chi connectivity index (χ0v) is 11.8. The van der Waals surface area contributed by atoms with Gasteiger partial charge in [-0.1, -0.05) is 31.0 Å². The fourth-order valence-corrected chi connectivity index (χ4v) is 2.43. The maximum Gasteiger partial charge on any atom is 0.0773 e. The summed E-state index contributed by atoms with van der Waals surface area (Å²) < 4.78 is 0. The highest BCUT2D eigenvalue weighted by molar-refractivity contribution is 6.17. The maximum atomic E-state index is 6.09. The van der Waals surface area contributed by atoms with Crippen LogP contribution in [-0.4, -0.2) is 10.9 Å². The summed E-state index contributed by atoms with van der Waals surface area (Å²) in [6.45, 7) is 0. The zero-order chi connectivity index (χ0) is 13.7. The van der Waals surface area contributed by atoms with E-state index in [0.717, 1.165) is 54.6 Å². The minimum absolute atomic E-state index is 0.635. The molecule has 1 aromatic heterocycles. The third-order valence-corrected chi connectivity index (χ3v) is 3.62. The lowest BCUT2D eigenvalue weighted by molar-refractivity contribution is 0.664. The summed E-state index contributed by atoms with van der Waals surface area (Å²) in [4.78, 5) is 4.62. The topological polar surface area (TPSA) is 64.9 Å². The van der Waals surface area contributed by atoms with Crippen LogP contribution in [0.15, 0.2) is 24.3 Å². The Bertz CT molecular complexity index is 554. The normalized spacial score (nSPS) is 11.0. The number of nitrogens with zero attached hydrogens (tertiary/aromatic N) is 1. The first-order chi connectivity index (χ1) is 9.24. The number of fused-ring (bicyclic) bond motifs is 1. The second-order valence-corrected chi connectivity index (χ2v) is 5.13. The first-order valence-electron chi connectivity index (χ1n) is 6.72. The van der Waals surface area contributed by atoms with E-state index < -0.39 is 0 Å². The molecule has 0 unspecified atom stereocenters. The second-order valence-electron chi connectivity index (χ2n) is 4.76. The number of aromatic nitrogens is 1. The number of halogens is 1. The third kappa shape index (κ3) is 3.29. The highest BCUT2D eigenvalue weighted by Gasteiger charge is 2.09. The molecule has 1 aromatic carbocycles. The fourth-order valence-electron chi connectivity index (χ4n) is 2.24. The number of pyridine rings is 1. The highest BCUT2D eigenvalue weighted by Crippen LogP contribution is 2.28. The van der Waals surface area contributed by atoms with Crippen molar-refractivity contribution in [3.05, 3.63) is 30.0 Å². The predicted molar refractivity (Wildman–Crippen MR) is 83.5 cm³/mol. The van der Waals surface area contributed by atoms with Crippen molar-refractivity contribution in [2.45, 2.75) is 32.1 Å². The van der Waals surface area contributed by atoms with Gasteiger partial charge in [-0.3, -0.25) is 4.98 Å². The molecular weight excluding hydrogens is 258 g/mol. The Balaban J connectivity index is 2.12. The Morgan fingerprint density at radius 3 is 2.47 bits per heavy atom. The molecular formula is C15H20ClN3. The van der Waals surface area contributed by atoms with Crippen LogP contribution >= 0.6 is 11.6 Å². The van der Waals surface area contributed by atoms with Crippen molar-refractivity contribution in [1.29, 1.82) is 0 Å². The molecule has 4 N–H and O–H groups in total. The van der Waals surface area contributed by atoms with Crippen LogP contribution in [0.2, 0.25) is 0 Å². The molecule has 0 spiro atoms. The van der Waals surface area contributed by atoms with Crippen molar-refractivity contribution in [3.63, 3.8) is 0 Å². The van der Waals surface area contributed by atoms with Gasteiger partial charge in [0.1, 0.15) is 0 Å². The molecule has 102 valence electrons. The van der Waals surface area contributed by atoms with Crippen LogP contribution in [0.4, 0.5) is 11.4 Å². The average molecular weight is 278 g/mol. The van der Waals surface area contributed by atoms with Gasteiger partial charge >= 0.3 is 0 Å². The molecule has 0 saturated heterocycles. The van der Waals surface area contributed by atoms with E-state index in [-0.39, 0.29) is 0 Å². The molecule has 0 radical (unpaired) electrons. The Kier molecular flexibility index (Phi) is 4.86. The van der Waals surface area contributed by atoms with Gasteiger partial charge in [-0.15, -0.1) is 11.6 Å². The van der Waals surface area contributed by atoms with Crippen LogP contribution in [0.25, 0.3) is 10.9 Å². The van der Waals surface area contributed by atoms with E-state index in [9.17, 15) is 0 Å². The largest absolute Gasteiger partial charge is 0.396 e. The second kappa shape index (κ2) is 6.62. The number of nitrogen functional groups attached to an aromatic ring is 2. The van der Waals surface area contributed by atoms with Gasteiger partial charge in [0.25, 0.3) is 0 Å². The van der Waals surface area contributed by atoms with E-state index in [1.54, 1.807) is 0 Å². The lowest BCUT2D eigenvalue weighted by Gasteiger charge is -2.10. The first kappa shape index (κ1) is 13.9.